The summed E-state index contributed by atoms with van der Waals surface area (Å²) in [5, 5.41) is 12.3. The van der Waals surface area contributed by atoms with Crippen LogP contribution in [0.1, 0.15) is 22.8 Å². The molecule has 5 heteroatoms. The molecule has 0 atom stereocenters. The predicted molar refractivity (Wildman–Crippen MR) is 67.7 cm³/mol. The van der Waals surface area contributed by atoms with E-state index in [1.807, 2.05) is 13.0 Å². The van der Waals surface area contributed by atoms with Crippen LogP contribution in [0, 0.1) is 6.92 Å². The van der Waals surface area contributed by atoms with E-state index in [2.05, 4.69) is 10.3 Å². The number of carbonyl (C=O) groups is 2. The van der Waals surface area contributed by atoms with Crippen LogP contribution in [-0.2, 0) is 4.79 Å². The van der Waals surface area contributed by atoms with Crippen LogP contribution < -0.4 is 5.32 Å². The van der Waals surface area contributed by atoms with Crippen molar-refractivity contribution in [3.8, 4) is 0 Å². The number of aromatic carboxylic acids is 1. The number of nitrogens with one attached hydrogen (secondary N) is 1. The van der Waals surface area contributed by atoms with E-state index in [0.29, 0.717) is 10.9 Å². The van der Waals surface area contributed by atoms with Crippen LogP contribution in [0.2, 0.25) is 0 Å². The topological polar surface area (TPSA) is 79.3 Å². The molecule has 0 spiro atoms. The van der Waals surface area contributed by atoms with Gasteiger partial charge in [0.15, 0.2) is 0 Å². The number of amides is 1. The van der Waals surface area contributed by atoms with Gasteiger partial charge in [0.25, 0.3) is 0 Å². The average Bonchev–Trinajstić information content (AvgIpc) is 2.28. The van der Waals surface area contributed by atoms with Gasteiger partial charge in [0.05, 0.1) is 11.1 Å². The van der Waals surface area contributed by atoms with Gasteiger partial charge in [-0.1, -0.05) is 18.2 Å². The zero-order valence-electron chi connectivity index (χ0n) is 10.0. The normalized spacial score (nSPS) is 10.3. The number of carbonyl (C=O) groups excluding carboxylic acids is 1. The second-order valence-corrected chi connectivity index (χ2v) is 4.01. The standard InChI is InChI=1S/C13H12N2O3/c1-7-4-3-5-9-10(13(17)18)6-11(14-8(2)16)15-12(7)9/h3-6H,1-2H3,(H,17,18)(H,14,15,16). The monoisotopic (exact) mass is 244 g/mol. The van der Waals surface area contributed by atoms with Crippen molar-refractivity contribution in [3.05, 3.63) is 35.4 Å². The second kappa shape index (κ2) is 4.44. The van der Waals surface area contributed by atoms with Crippen LogP contribution in [0.25, 0.3) is 10.9 Å². The van der Waals surface area contributed by atoms with Gasteiger partial charge in [-0.05, 0) is 18.6 Å². The first kappa shape index (κ1) is 12.0. The Balaban J connectivity index is 2.75. The number of hydrogen-bond acceptors (Lipinski definition) is 3. The van der Waals surface area contributed by atoms with Crippen molar-refractivity contribution >= 4 is 28.6 Å². The van der Waals surface area contributed by atoms with E-state index in [9.17, 15) is 14.7 Å². The molecule has 5 nitrogen and oxygen atoms in total. The molecule has 2 N–H and O–H groups in total. The zero-order valence-corrected chi connectivity index (χ0v) is 10.0. The van der Waals surface area contributed by atoms with Crippen molar-refractivity contribution in [2.45, 2.75) is 13.8 Å². The molecule has 2 rings (SSSR count). The molecule has 0 aliphatic rings. The quantitative estimate of drug-likeness (QED) is 0.848. The van der Waals surface area contributed by atoms with Gasteiger partial charge in [0.2, 0.25) is 5.91 Å². The molecule has 0 unspecified atom stereocenters. The minimum absolute atomic E-state index is 0.132. The molecule has 0 aliphatic heterocycles. The van der Waals surface area contributed by atoms with E-state index in [0.717, 1.165) is 5.56 Å². The summed E-state index contributed by atoms with van der Waals surface area (Å²) < 4.78 is 0. The maximum Gasteiger partial charge on any atom is 0.336 e. The Labute approximate surface area is 103 Å². The summed E-state index contributed by atoms with van der Waals surface area (Å²) in [6, 6.07) is 6.70. The summed E-state index contributed by atoms with van der Waals surface area (Å²) in [7, 11) is 0. The number of para-hydroxylation sites is 1. The van der Waals surface area contributed by atoms with E-state index >= 15 is 0 Å². The molecule has 92 valence electrons. The molecule has 1 amide bonds. The first-order chi connectivity index (χ1) is 8.49. The number of aryl methyl sites for hydroxylation is 1. The van der Waals surface area contributed by atoms with Crippen LogP contribution in [0.15, 0.2) is 24.3 Å². The van der Waals surface area contributed by atoms with Crippen molar-refractivity contribution in [2.24, 2.45) is 0 Å². The third kappa shape index (κ3) is 2.15. The fourth-order valence-corrected chi connectivity index (χ4v) is 1.81. The number of carboxylic acids is 1. The molecule has 0 saturated heterocycles. The number of nitrogens with zero attached hydrogens (tertiary/aromatic N) is 1. The van der Waals surface area contributed by atoms with Gasteiger partial charge in [0, 0.05) is 12.3 Å². The third-order valence-electron chi connectivity index (χ3n) is 2.58. The molecule has 1 aromatic heterocycles. The highest BCUT2D eigenvalue weighted by molar-refractivity contribution is 6.05. The molecular weight excluding hydrogens is 232 g/mol. The minimum Gasteiger partial charge on any atom is -0.478 e. The number of hydrogen-bond donors (Lipinski definition) is 2. The smallest absolute Gasteiger partial charge is 0.336 e. The lowest BCUT2D eigenvalue weighted by Gasteiger charge is -2.08. The van der Waals surface area contributed by atoms with Gasteiger partial charge >= 0.3 is 5.97 Å². The lowest BCUT2D eigenvalue weighted by molar-refractivity contribution is -0.114. The lowest BCUT2D eigenvalue weighted by Crippen LogP contribution is -2.09. The van der Waals surface area contributed by atoms with E-state index in [1.54, 1.807) is 12.1 Å². The van der Waals surface area contributed by atoms with Crippen LogP contribution in [-0.4, -0.2) is 22.0 Å². The Morgan fingerprint density at radius 1 is 1.33 bits per heavy atom. The SMILES string of the molecule is CC(=O)Nc1cc(C(=O)O)c2cccc(C)c2n1. The Hall–Kier alpha value is -2.43. The van der Waals surface area contributed by atoms with Gasteiger partial charge in [-0.25, -0.2) is 9.78 Å². The summed E-state index contributed by atoms with van der Waals surface area (Å²) in [5.41, 5.74) is 1.58. The molecule has 0 aliphatic carbocycles. The van der Waals surface area contributed by atoms with Crippen LogP contribution >= 0.6 is 0 Å². The highest BCUT2D eigenvalue weighted by Gasteiger charge is 2.13. The number of aromatic nitrogens is 1. The fourth-order valence-electron chi connectivity index (χ4n) is 1.81. The minimum atomic E-state index is -1.04. The maximum atomic E-state index is 11.2. The van der Waals surface area contributed by atoms with Crippen molar-refractivity contribution in [1.82, 2.24) is 4.98 Å². The third-order valence-corrected chi connectivity index (χ3v) is 2.58. The van der Waals surface area contributed by atoms with Crippen molar-refractivity contribution in [2.75, 3.05) is 5.32 Å². The van der Waals surface area contributed by atoms with E-state index < -0.39 is 5.97 Å². The lowest BCUT2D eigenvalue weighted by atomic mass is 10.1. The van der Waals surface area contributed by atoms with Crippen molar-refractivity contribution in [1.29, 1.82) is 0 Å². The number of anilines is 1. The molecular formula is C13H12N2O3. The summed E-state index contributed by atoms with van der Waals surface area (Å²) in [4.78, 5) is 26.5. The Morgan fingerprint density at radius 3 is 2.67 bits per heavy atom. The molecule has 0 fully saturated rings. The average molecular weight is 244 g/mol. The van der Waals surface area contributed by atoms with Crippen LogP contribution in [0.4, 0.5) is 5.82 Å². The van der Waals surface area contributed by atoms with Crippen LogP contribution in [0.5, 0.6) is 0 Å². The highest BCUT2D eigenvalue weighted by Crippen LogP contribution is 2.23. The zero-order chi connectivity index (χ0) is 13.3. The first-order valence-electron chi connectivity index (χ1n) is 5.40. The number of carboxylic acid groups (broad SMARTS) is 1. The summed E-state index contributed by atoms with van der Waals surface area (Å²) in [6.07, 6.45) is 0. The molecule has 1 heterocycles. The number of fused-ring (bicyclic) bond motifs is 1. The number of benzene rings is 1. The summed E-state index contributed by atoms with van der Waals surface area (Å²) in [6.45, 7) is 3.20. The number of pyridine rings is 1. The molecule has 0 radical (unpaired) electrons. The molecule has 0 bridgehead atoms. The van der Waals surface area contributed by atoms with Crippen LogP contribution in [0.3, 0.4) is 0 Å². The van der Waals surface area contributed by atoms with Crippen molar-refractivity contribution in [3.63, 3.8) is 0 Å². The molecule has 0 saturated carbocycles. The van der Waals surface area contributed by atoms with Gasteiger partial charge in [0.1, 0.15) is 5.82 Å². The Bertz CT molecular complexity index is 650. The fraction of sp³-hybridized carbons (Fsp3) is 0.154. The molecule has 18 heavy (non-hydrogen) atoms. The largest absolute Gasteiger partial charge is 0.478 e. The molecule has 2 aromatic rings. The predicted octanol–water partition coefficient (Wildman–Crippen LogP) is 2.20. The Morgan fingerprint density at radius 2 is 2.06 bits per heavy atom. The van der Waals surface area contributed by atoms with Gasteiger partial charge in [-0.3, -0.25) is 4.79 Å². The van der Waals surface area contributed by atoms with E-state index in [1.165, 1.54) is 13.0 Å². The van der Waals surface area contributed by atoms with Crippen molar-refractivity contribution < 1.29 is 14.7 Å². The van der Waals surface area contributed by atoms with Gasteiger partial charge in [-0.2, -0.15) is 0 Å². The highest BCUT2D eigenvalue weighted by atomic mass is 16.4. The van der Waals surface area contributed by atoms with E-state index in [-0.39, 0.29) is 17.3 Å². The van der Waals surface area contributed by atoms with E-state index in [4.69, 9.17) is 0 Å². The maximum absolute atomic E-state index is 11.2. The van der Waals surface area contributed by atoms with Gasteiger partial charge in [-0.15, -0.1) is 0 Å². The first-order valence-corrected chi connectivity index (χ1v) is 5.40. The Kier molecular flexibility index (Phi) is 2.97. The van der Waals surface area contributed by atoms with Gasteiger partial charge < -0.3 is 10.4 Å². The summed E-state index contributed by atoms with van der Waals surface area (Å²) >= 11 is 0. The summed E-state index contributed by atoms with van der Waals surface area (Å²) in [5.74, 6) is -1.08. The number of rotatable bonds is 2. The molecule has 1 aromatic carbocycles. The second-order valence-electron chi connectivity index (χ2n) is 4.01.